The molecule has 1 fully saturated rings. The average Bonchev–Trinajstić information content (AvgIpc) is 2.78. The largest absolute Gasteiger partial charge is 0.376 e. The molecule has 31 heavy (non-hydrogen) atoms. The number of hydrogen-bond donors (Lipinski definition) is 0. The van der Waals surface area contributed by atoms with Gasteiger partial charge in [-0.15, -0.1) is 0 Å². The number of ether oxygens (including phenoxy) is 2. The van der Waals surface area contributed by atoms with Crippen LogP contribution >= 0.6 is 0 Å². The summed E-state index contributed by atoms with van der Waals surface area (Å²) in [4.78, 5) is 0. The maximum Gasteiger partial charge on any atom is 0.167 e. The zero-order valence-electron chi connectivity index (χ0n) is 18.6. The van der Waals surface area contributed by atoms with Crippen molar-refractivity contribution in [3.05, 3.63) is 58.9 Å². The number of halogens is 3. The van der Waals surface area contributed by atoms with Gasteiger partial charge in [-0.25, -0.2) is 13.2 Å². The second-order valence-corrected chi connectivity index (χ2v) is 8.35. The molecule has 2 aromatic rings. The van der Waals surface area contributed by atoms with Gasteiger partial charge in [0.05, 0.1) is 18.8 Å². The second kappa shape index (κ2) is 11.7. The number of benzene rings is 2. The topological polar surface area (TPSA) is 18.5 Å². The fraction of sp³-hybridized carbons (Fsp3) is 0.538. The van der Waals surface area contributed by atoms with Crippen LogP contribution in [-0.2, 0) is 15.9 Å². The zero-order valence-corrected chi connectivity index (χ0v) is 18.6. The lowest BCUT2D eigenvalue weighted by molar-refractivity contribution is -0.0882. The Morgan fingerprint density at radius 2 is 1.68 bits per heavy atom. The van der Waals surface area contributed by atoms with Crippen molar-refractivity contribution < 1.29 is 22.6 Å². The quantitative estimate of drug-likeness (QED) is 0.360. The normalized spacial score (nSPS) is 19.0. The molecule has 2 unspecified atom stereocenters. The minimum absolute atomic E-state index is 0.000561. The van der Waals surface area contributed by atoms with Gasteiger partial charge >= 0.3 is 0 Å². The zero-order chi connectivity index (χ0) is 22.2. The van der Waals surface area contributed by atoms with Crippen molar-refractivity contribution in [1.82, 2.24) is 0 Å². The Labute approximate surface area is 183 Å². The van der Waals surface area contributed by atoms with Crippen molar-refractivity contribution >= 4 is 0 Å². The Bertz CT molecular complexity index is 845. The van der Waals surface area contributed by atoms with E-state index >= 15 is 0 Å². The summed E-state index contributed by atoms with van der Waals surface area (Å²) in [6.45, 7) is 5.28. The third kappa shape index (κ3) is 6.11. The molecule has 3 rings (SSSR count). The van der Waals surface area contributed by atoms with Crippen molar-refractivity contribution in [3.8, 4) is 11.1 Å². The molecular weight excluding hydrogens is 401 g/mol. The molecule has 0 radical (unpaired) electrons. The van der Waals surface area contributed by atoms with Crippen LogP contribution in [0.3, 0.4) is 0 Å². The van der Waals surface area contributed by atoms with Crippen LogP contribution in [0.25, 0.3) is 11.1 Å². The van der Waals surface area contributed by atoms with Crippen molar-refractivity contribution in [2.24, 2.45) is 0 Å². The summed E-state index contributed by atoms with van der Waals surface area (Å²) in [6.07, 6.45) is 6.83. The van der Waals surface area contributed by atoms with Gasteiger partial charge in [-0.2, -0.15) is 0 Å². The molecule has 2 aromatic carbocycles. The lowest BCUT2D eigenvalue weighted by Crippen LogP contribution is -2.28. The molecule has 0 spiro atoms. The van der Waals surface area contributed by atoms with Gasteiger partial charge in [0.2, 0.25) is 0 Å². The van der Waals surface area contributed by atoms with Gasteiger partial charge in [-0.05, 0) is 43.7 Å². The van der Waals surface area contributed by atoms with Gasteiger partial charge in [-0.1, -0.05) is 57.4 Å². The summed E-state index contributed by atoms with van der Waals surface area (Å²) in [5.41, 5.74) is 1.07. The molecule has 1 heterocycles. The maximum atomic E-state index is 14.9. The number of rotatable bonds is 10. The Balaban J connectivity index is 1.67. The molecule has 5 heteroatoms. The summed E-state index contributed by atoms with van der Waals surface area (Å²) in [7, 11) is 0. The third-order valence-corrected chi connectivity index (χ3v) is 5.94. The molecule has 2 atom stereocenters. The van der Waals surface area contributed by atoms with E-state index in [1.165, 1.54) is 24.3 Å². The Morgan fingerprint density at radius 3 is 2.35 bits per heavy atom. The first kappa shape index (κ1) is 23.8. The van der Waals surface area contributed by atoms with Crippen LogP contribution in [0.4, 0.5) is 13.2 Å². The maximum absolute atomic E-state index is 14.9. The second-order valence-electron chi connectivity index (χ2n) is 8.35. The minimum Gasteiger partial charge on any atom is -0.376 e. The van der Waals surface area contributed by atoms with Gasteiger partial charge < -0.3 is 9.47 Å². The van der Waals surface area contributed by atoms with Crippen LogP contribution in [0, 0.1) is 17.5 Å². The predicted molar refractivity (Wildman–Crippen MR) is 118 cm³/mol. The minimum atomic E-state index is -1.03. The third-order valence-electron chi connectivity index (χ3n) is 5.94. The lowest BCUT2D eigenvalue weighted by atomic mass is 9.95. The predicted octanol–water partition coefficient (Wildman–Crippen LogP) is 7.54. The molecule has 1 aliphatic rings. The molecule has 170 valence electrons. The molecule has 2 nitrogen and oxygen atoms in total. The van der Waals surface area contributed by atoms with Crippen LogP contribution < -0.4 is 0 Å². The van der Waals surface area contributed by atoms with Gasteiger partial charge in [0, 0.05) is 23.3 Å². The van der Waals surface area contributed by atoms with E-state index in [4.69, 9.17) is 9.47 Å². The van der Waals surface area contributed by atoms with Crippen molar-refractivity contribution in [3.63, 3.8) is 0 Å². The number of aryl methyl sites for hydroxylation is 1. The highest BCUT2D eigenvalue weighted by atomic mass is 19.2. The first-order chi connectivity index (χ1) is 15.0. The number of hydrogen-bond acceptors (Lipinski definition) is 2. The molecule has 0 aromatic heterocycles. The highest BCUT2D eigenvalue weighted by Gasteiger charge is 2.28. The monoisotopic (exact) mass is 434 g/mol. The summed E-state index contributed by atoms with van der Waals surface area (Å²) >= 11 is 0. The van der Waals surface area contributed by atoms with Gasteiger partial charge in [0.1, 0.15) is 5.82 Å². The van der Waals surface area contributed by atoms with Gasteiger partial charge in [0.25, 0.3) is 0 Å². The van der Waals surface area contributed by atoms with E-state index in [1.807, 2.05) is 0 Å². The fourth-order valence-corrected chi connectivity index (χ4v) is 4.04. The van der Waals surface area contributed by atoms with E-state index < -0.39 is 23.6 Å². The SMILES string of the molecule is CCCCCOC1CCC(c2ccc(-c3ccc(CCCC)cc3F)c(F)c2F)OC1. The van der Waals surface area contributed by atoms with Crippen LogP contribution in [0.2, 0.25) is 0 Å². The number of unbranched alkanes of at least 4 members (excludes halogenated alkanes) is 3. The van der Waals surface area contributed by atoms with Crippen molar-refractivity contribution in [2.45, 2.75) is 77.4 Å². The molecule has 0 bridgehead atoms. The lowest BCUT2D eigenvalue weighted by Gasteiger charge is -2.29. The smallest absolute Gasteiger partial charge is 0.167 e. The van der Waals surface area contributed by atoms with Crippen molar-refractivity contribution in [1.29, 1.82) is 0 Å². The molecule has 0 amide bonds. The Hall–Kier alpha value is -1.85. The average molecular weight is 435 g/mol. The Morgan fingerprint density at radius 1 is 0.903 bits per heavy atom. The summed E-state index contributed by atoms with van der Waals surface area (Å²) < 4.78 is 56.0. The van der Waals surface area contributed by atoms with Crippen LogP contribution in [-0.4, -0.2) is 19.3 Å². The standard InChI is InChI=1S/C26H33F3O2/c1-3-5-7-15-30-19-10-14-24(31-17-19)22-13-12-21(25(28)26(22)29)20-11-9-18(8-6-4-2)16-23(20)27/h9,11-13,16,19,24H,3-8,10,14-15,17H2,1-2H3. The van der Waals surface area contributed by atoms with E-state index in [1.54, 1.807) is 6.07 Å². The van der Waals surface area contributed by atoms with Crippen LogP contribution in [0.1, 0.15) is 76.0 Å². The van der Waals surface area contributed by atoms with E-state index in [2.05, 4.69) is 13.8 Å². The Kier molecular flexibility index (Phi) is 8.97. The molecule has 0 saturated carbocycles. The highest BCUT2D eigenvalue weighted by Crippen LogP contribution is 2.35. The fourth-order valence-electron chi connectivity index (χ4n) is 4.04. The molecule has 1 saturated heterocycles. The molecular formula is C26H33F3O2. The summed E-state index contributed by atoms with van der Waals surface area (Å²) in [5, 5.41) is 0. The summed E-state index contributed by atoms with van der Waals surface area (Å²) in [5.74, 6) is -2.52. The van der Waals surface area contributed by atoms with Crippen molar-refractivity contribution in [2.75, 3.05) is 13.2 Å². The first-order valence-corrected chi connectivity index (χ1v) is 11.5. The van der Waals surface area contributed by atoms with Gasteiger partial charge in [-0.3, -0.25) is 0 Å². The highest BCUT2D eigenvalue weighted by molar-refractivity contribution is 5.66. The van der Waals surface area contributed by atoms with Crippen LogP contribution in [0.5, 0.6) is 0 Å². The van der Waals surface area contributed by atoms with Gasteiger partial charge in [0.15, 0.2) is 11.6 Å². The first-order valence-electron chi connectivity index (χ1n) is 11.5. The van der Waals surface area contributed by atoms with E-state index in [0.29, 0.717) is 19.6 Å². The van der Waals surface area contributed by atoms with E-state index in [9.17, 15) is 13.2 Å². The molecule has 0 N–H and O–H groups in total. The summed E-state index contributed by atoms with van der Waals surface area (Å²) in [6, 6.07) is 7.71. The van der Waals surface area contributed by atoms with Crippen LogP contribution in [0.15, 0.2) is 30.3 Å². The molecule has 0 aliphatic carbocycles. The van der Waals surface area contributed by atoms with E-state index in [0.717, 1.165) is 50.5 Å². The molecule has 1 aliphatic heterocycles. The van der Waals surface area contributed by atoms with E-state index in [-0.39, 0.29) is 22.8 Å².